The van der Waals surface area contributed by atoms with Crippen molar-refractivity contribution in [1.82, 2.24) is 9.71 Å². The molecule has 6 heteroatoms. The molecule has 1 heterocycles. The lowest BCUT2D eigenvalue weighted by Crippen LogP contribution is -2.25. The Labute approximate surface area is 115 Å². The van der Waals surface area contributed by atoms with Crippen LogP contribution in [0.5, 0.6) is 0 Å². The SMILES string of the molecule is CC(C)CCCCNS(=O)(=O)c1ccc(CN)cn1. The Morgan fingerprint density at radius 3 is 2.58 bits per heavy atom. The molecule has 0 saturated heterocycles. The fourth-order valence-electron chi connectivity index (χ4n) is 1.65. The standard InChI is InChI=1S/C13H23N3O2S/c1-11(2)5-3-4-8-16-19(17,18)13-7-6-12(9-14)10-15-13/h6-7,10-11,16H,3-5,8-9,14H2,1-2H3. The van der Waals surface area contributed by atoms with Gasteiger partial charge in [0.15, 0.2) is 5.03 Å². The Hall–Kier alpha value is -0.980. The summed E-state index contributed by atoms with van der Waals surface area (Å²) in [5, 5.41) is 0.0496. The van der Waals surface area contributed by atoms with E-state index in [1.807, 2.05) is 0 Å². The molecule has 0 aliphatic heterocycles. The Bertz CT molecular complexity index is 469. The van der Waals surface area contributed by atoms with E-state index in [0.29, 0.717) is 19.0 Å². The first kappa shape index (κ1) is 16.1. The van der Waals surface area contributed by atoms with E-state index < -0.39 is 10.0 Å². The van der Waals surface area contributed by atoms with E-state index in [0.717, 1.165) is 24.8 Å². The molecule has 0 aliphatic rings. The van der Waals surface area contributed by atoms with Crippen LogP contribution in [0.25, 0.3) is 0 Å². The van der Waals surface area contributed by atoms with Crippen molar-refractivity contribution in [2.24, 2.45) is 11.7 Å². The normalized spacial score (nSPS) is 12.0. The van der Waals surface area contributed by atoms with Crippen molar-refractivity contribution < 1.29 is 8.42 Å². The van der Waals surface area contributed by atoms with Gasteiger partial charge in [-0.05, 0) is 24.0 Å². The fraction of sp³-hybridized carbons (Fsp3) is 0.615. The molecule has 1 rings (SSSR count). The largest absolute Gasteiger partial charge is 0.326 e. The number of hydrogen-bond acceptors (Lipinski definition) is 4. The van der Waals surface area contributed by atoms with E-state index in [9.17, 15) is 8.42 Å². The Morgan fingerprint density at radius 2 is 2.05 bits per heavy atom. The second-order valence-electron chi connectivity index (χ2n) is 5.00. The number of nitrogens with two attached hydrogens (primary N) is 1. The van der Waals surface area contributed by atoms with E-state index in [2.05, 4.69) is 23.6 Å². The molecule has 0 bridgehead atoms. The maximum atomic E-state index is 11.9. The van der Waals surface area contributed by atoms with Crippen LogP contribution in [0.2, 0.25) is 0 Å². The van der Waals surface area contributed by atoms with Gasteiger partial charge in [0.1, 0.15) is 0 Å². The molecule has 0 radical (unpaired) electrons. The number of rotatable bonds is 8. The van der Waals surface area contributed by atoms with Crippen LogP contribution >= 0.6 is 0 Å². The Morgan fingerprint density at radius 1 is 1.32 bits per heavy atom. The molecule has 5 nitrogen and oxygen atoms in total. The van der Waals surface area contributed by atoms with E-state index in [-0.39, 0.29) is 5.03 Å². The molecule has 1 aromatic rings. The van der Waals surface area contributed by atoms with Crippen LogP contribution in [0.4, 0.5) is 0 Å². The molecule has 0 saturated carbocycles. The first-order valence-corrected chi connectivity index (χ1v) is 8.08. The zero-order chi connectivity index (χ0) is 14.3. The lowest BCUT2D eigenvalue weighted by molar-refractivity contribution is 0.530. The van der Waals surface area contributed by atoms with E-state index in [4.69, 9.17) is 5.73 Å². The molecule has 19 heavy (non-hydrogen) atoms. The number of unbranched alkanes of at least 4 members (excludes halogenated alkanes) is 1. The molecule has 0 amide bonds. The van der Waals surface area contributed by atoms with Crippen LogP contribution in [0, 0.1) is 5.92 Å². The molecule has 0 unspecified atom stereocenters. The molecule has 0 spiro atoms. The van der Waals surface area contributed by atoms with Crippen LogP contribution in [0.3, 0.4) is 0 Å². The van der Waals surface area contributed by atoms with E-state index >= 15 is 0 Å². The number of nitrogens with zero attached hydrogens (tertiary/aromatic N) is 1. The fourth-order valence-corrected chi connectivity index (χ4v) is 2.65. The second-order valence-corrected chi connectivity index (χ2v) is 6.71. The van der Waals surface area contributed by atoms with Crippen LogP contribution in [0.1, 0.15) is 38.7 Å². The highest BCUT2D eigenvalue weighted by atomic mass is 32.2. The van der Waals surface area contributed by atoms with Crippen molar-refractivity contribution >= 4 is 10.0 Å². The summed E-state index contributed by atoms with van der Waals surface area (Å²) in [4.78, 5) is 3.92. The maximum absolute atomic E-state index is 11.9. The molecule has 0 aromatic carbocycles. The van der Waals surface area contributed by atoms with Crippen LogP contribution < -0.4 is 10.5 Å². The first-order chi connectivity index (χ1) is 8.95. The van der Waals surface area contributed by atoms with Crippen LogP contribution in [0.15, 0.2) is 23.4 Å². The molecule has 108 valence electrons. The minimum atomic E-state index is -3.49. The monoisotopic (exact) mass is 285 g/mol. The van der Waals surface area contributed by atoms with Gasteiger partial charge in [-0.3, -0.25) is 0 Å². The summed E-state index contributed by atoms with van der Waals surface area (Å²) in [5.74, 6) is 0.655. The van der Waals surface area contributed by atoms with Crippen molar-refractivity contribution in [3.63, 3.8) is 0 Å². The molecule has 0 fully saturated rings. The van der Waals surface area contributed by atoms with Gasteiger partial charge in [0.2, 0.25) is 0 Å². The van der Waals surface area contributed by atoms with Crippen molar-refractivity contribution in [1.29, 1.82) is 0 Å². The molecular weight excluding hydrogens is 262 g/mol. The quantitative estimate of drug-likeness (QED) is 0.711. The third-order valence-electron chi connectivity index (χ3n) is 2.81. The van der Waals surface area contributed by atoms with Gasteiger partial charge in [-0.2, -0.15) is 0 Å². The van der Waals surface area contributed by atoms with Gasteiger partial charge >= 0.3 is 0 Å². The minimum absolute atomic E-state index is 0.0496. The predicted molar refractivity (Wildman–Crippen MR) is 76.0 cm³/mol. The molecule has 0 atom stereocenters. The summed E-state index contributed by atoms with van der Waals surface area (Å²) in [6, 6.07) is 3.17. The Balaban J connectivity index is 2.46. The minimum Gasteiger partial charge on any atom is -0.326 e. The van der Waals surface area contributed by atoms with Gasteiger partial charge in [0.05, 0.1) is 0 Å². The third-order valence-corrected chi connectivity index (χ3v) is 4.19. The highest BCUT2D eigenvalue weighted by molar-refractivity contribution is 7.89. The topological polar surface area (TPSA) is 85.1 Å². The van der Waals surface area contributed by atoms with E-state index in [1.165, 1.54) is 12.3 Å². The molecule has 1 aromatic heterocycles. The zero-order valence-corrected chi connectivity index (χ0v) is 12.4. The summed E-state index contributed by atoms with van der Waals surface area (Å²) in [6.45, 7) is 5.13. The summed E-state index contributed by atoms with van der Waals surface area (Å²) in [7, 11) is -3.49. The highest BCUT2D eigenvalue weighted by Crippen LogP contribution is 2.08. The lowest BCUT2D eigenvalue weighted by Gasteiger charge is -2.07. The van der Waals surface area contributed by atoms with E-state index in [1.54, 1.807) is 6.07 Å². The van der Waals surface area contributed by atoms with Crippen LogP contribution in [-0.4, -0.2) is 19.9 Å². The number of sulfonamides is 1. The van der Waals surface area contributed by atoms with Crippen molar-refractivity contribution in [2.45, 2.75) is 44.7 Å². The smallest absolute Gasteiger partial charge is 0.258 e. The van der Waals surface area contributed by atoms with Gasteiger partial charge in [-0.25, -0.2) is 18.1 Å². The second kappa shape index (κ2) is 7.57. The zero-order valence-electron chi connectivity index (χ0n) is 11.6. The number of pyridine rings is 1. The first-order valence-electron chi connectivity index (χ1n) is 6.60. The van der Waals surface area contributed by atoms with Crippen LogP contribution in [-0.2, 0) is 16.6 Å². The van der Waals surface area contributed by atoms with Gasteiger partial charge < -0.3 is 5.73 Å². The molecule has 0 aliphatic carbocycles. The van der Waals surface area contributed by atoms with Gasteiger partial charge in [-0.15, -0.1) is 0 Å². The summed E-state index contributed by atoms with van der Waals surface area (Å²) in [5.41, 5.74) is 6.26. The molecular formula is C13H23N3O2S. The number of nitrogens with one attached hydrogen (secondary N) is 1. The Kier molecular flexibility index (Phi) is 6.41. The van der Waals surface area contributed by atoms with Crippen molar-refractivity contribution in [3.05, 3.63) is 23.9 Å². The third kappa shape index (κ3) is 5.67. The predicted octanol–water partition coefficient (Wildman–Crippen LogP) is 1.64. The van der Waals surface area contributed by atoms with Crippen molar-refractivity contribution in [2.75, 3.05) is 6.54 Å². The van der Waals surface area contributed by atoms with Gasteiger partial charge in [-0.1, -0.05) is 32.8 Å². The maximum Gasteiger partial charge on any atom is 0.258 e. The van der Waals surface area contributed by atoms with Gasteiger partial charge in [0, 0.05) is 19.3 Å². The summed E-state index contributed by atoms with van der Waals surface area (Å²) >= 11 is 0. The molecule has 3 N–H and O–H groups in total. The highest BCUT2D eigenvalue weighted by Gasteiger charge is 2.14. The lowest BCUT2D eigenvalue weighted by atomic mass is 10.1. The number of hydrogen-bond donors (Lipinski definition) is 2. The summed E-state index contributed by atoms with van der Waals surface area (Å²) in [6.07, 6.45) is 4.48. The van der Waals surface area contributed by atoms with Crippen molar-refractivity contribution in [3.8, 4) is 0 Å². The summed E-state index contributed by atoms with van der Waals surface area (Å²) < 4.78 is 26.4. The van der Waals surface area contributed by atoms with Gasteiger partial charge in [0.25, 0.3) is 10.0 Å². The number of aromatic nitrogens is 1. The average molecular weight is 285 g/mol. The average Bonchev–Trinajstić information content (AvgIpc) is 2.38.